The Morgan fingerprint density at radius 1 is 0.333 bits per heavy atom. The number of rotatable bonds is 45. The molecule has 6 heteroatoms. The molecular weight excluding hydrogens is 781 g/mol. The largest absolute Gasteiger partial charge is 0.462 e. The summed E-state index contributed by atoms with van der Waals surface area (Å²) in [5, 5.41) is 0. The minimum atomic E-state index is -0.808. The molecule has 0 saturated carbocycles. The first kappa shape index (κ1) is 59.3. The minimum Gasteiger partial charge on any atom is -0.462 e. The highest BCUT2D eigenvalue weighted by molar-refractivity contribution is 5.71. The molecule has 0 amide bonds. The van der Waals surface area contributed by atoms with Crippen LogP contribution in [0.2, 0.25) is 0 Å². The first-order valence-corrected chi connectivity index (χ1v) is 25.7. The predicted octanol–water partition coefficient (Wildman–Crippen LogP) is 17.0. The fourth-order valence-corrected chi connectivity index (χ4v) is 6.66. The fourth-order valence-electron chi connectivity index (χ4n) is 6.66. The van der Waals surface area contributed by atoms with Gasteiger partial charge in [-0.25, -0.2) is 0 Å². The van der Waals surface area contributed by atoms with E-state index in [9.17, 15) is 14.4 Å². The second-order valence-corrected chi connectivity index (χ2v) is 16.7. The van der Waals surface area contributed by atoms with Gasteiger partial charge < -0.3 is 14.2 Å². The van der Waals surface area contributed by atoms with Crippen molar-refractivity contribution in [2.24, 2.45) is 0 Å². The van der Waals surface area contributed by atoms with E-state index in [1.807, 2.05) is 0 Å². The molecule has 358 valence electrons. The van der Waals surface area contributed by atoms with Crippen LogP contribution in [0.5, 0.6) is 0 Å². The molecule has 0 fully saturated rings. The van der Waals surface area contributed by atoms with Crippen molar-refractivity contribution in [2.45, 2.75) is 232 Å². The molecule has 0 bridgehead atoms. The van der Waals surface area contributed by atoms with E-state index in [0.717, 1.165) is 103 Å². The summed E-state index contributed by atoms with van der Waals surface area (Å²) in [6.07, 6.45) is 66.8. The highest BCUT2D eigenvalue weighted by Gasteiger charge is 2.19. The van der Waals surface area contributed by atoms with Crippen molar-refractivity contribution in [3.63, 3.8) is 0 Å². The molecule has 6 nitrogen and oxygen atoms in total. The van der Waals surface area contributed by atoms with Crippen molar-refractivity contribution >= 4 is 17.9 Å². The lowest BCUT2D eigenvalue weighted by molar-refractivity contribution is -0.167. The molecule has 1 atom stereocenters. The van der Waals surface area contributed by atoms with Crippen molar-refractivity contribution in [1.82, 2.24) is 0 Å². The van der Waals surface area contributed by atoms with Gasteiger partial charge in [0, 0.05) is 19.3 Å². The van der Waals surface area contributed by atoms with E-state index in [1.54, 1.807) is 0 Å². The van der Waals surface area contributed by atoms with Gasteiger partial charge in [0.05, 0.1) is 0 Å². The standard InChI is InChI=1S/C57H94O6/c1-4-7-10-13-16-19-22-24-26-28-30-32-35-38-41-44-47-50-56(59)62-53-54(52-61-55(58)49-46-43-40-37-34-21-18-15-12-9-6-3)63-57(60)51-48-45-42-39-36-33-31-29-27-25-23-20-17-14-11-8-5-2/h7,10,15-20,24-27,30,32,38,41,54H,4-6,8-9,11-14,21-23,28-29,31,33-37,39-40,42-53H2,1-3H3/b10-7-,18-15-,19-16-,20-17-,26-24-,27-25-,32-30-,41-38-. The summed E-state index contributed by atoms with van der Waals surface area (Å²) < 4.78 is 16.7. The summed E-state index contributed by atoms with van der Waals surface area (Å²) in [7, 11) is 0. The van der Waals surface area contributed by atoms with Gasteiger partial charge in [0.15, 0.2) is 6.10 Å². The van der Waals surface area contributed by atoms with Gasteiger partial charge in [0.2, 0.25) is 0 Å². The number of hydrogen-bond donors (Lipinski definition) is 0. The van der Waals surface area contributed by atoms with Crippen LogP contribution >= 0.6 is 0 Å². The van der Waals surface area contributed by atoms with Crippen molar-refractivity contribution in [3.05, 3.63) is 97.2 Å². The summed E-state index contributed by atoms with van der Waals surface area (Å²) in [6, 6.07) is 0. The number of carbonyl (C=O) groups excluding carboxylic acids is 3. The molecule has 0 aliphatic heterocycles. The molecule has 0 aromatic carbocycles. The third-order valence-corrected chi connectivity index (χ3v) is 10.5. The molecule has 0 aromatic heterocycles. The van der Waals surface area contributed by atoms with E-state index in [1.165, 1.54) is 77.0 Å². The smallest absolute Gasteiger partial charge is 0.306 e. The monoisotopic (exact) mass is 875 g/mol. The number of esters is 3. The third kappa shape index (κ3) is 49.2. The van der Waals surface area contributed by atoms with E-state index >= 15 is 0 Å². The van der Waals surface area contributed by atoms with Crippen LogP contribution in [0.4, 0.5) is 0 Å². The van der Waals surface area contributed by atoms with Gasteiger partial charge in [-0.3, -0.25) is 14.4 Å². The Kier molecular flexibility index (Phi) is 48.0. The zero-order valence-corrected chi connectivity index (χ0v) is 40.8. The number of allylic oxidation sites excluding steroid dienone is 16. The molecule has 63 heavy (non-hydrogen) atoms. The fraction of sp³-hybridized carbons (Fsp3) is 0.667. The SMILES string of the molecule is CC/C=C\C/C=C\C/C=C\C/C=C\C/C=C\CCCC(=O)OCC(COC(=O)CCCCCCC/C=C\CCCC)OC(=O)CCCCCCCCC/C=C\C/C=C\CCCCC. The normalized spacial score (nSPS) is 12.9. The lowest BCUT2D eigenvalue weighted by Crippen LogP contribution is -2.30. The molecular formula is C57H94O6. The first-order valence-electron chi connectivity index (χ1n) is 25.7. The van der Waals surface area contributed by atoms with Crippen LogP contribution in [0.3, 0.4) is 0 Å². The van der Waals surface area contributed by atoms with Crippen LogP contribution in [-0.4, -0.2) is 37.2 Å². The maximum absolute atomic E-state index is 12.8. The Hall–Kier alpha value is -3.67. The Morgan fingerprint density at radius 3 is 1.10 bits per heavy atom. The summed E-state index contributed by atoms with van der Waals surface area (Å²) in [6.45, 7) is 6.39. The third-order valence-electron chi connectivity index (χ3n) is 10.5. The predicted molar refractivity (Wildman–Crippen MR) is 270 cm³/mol. The van der Waals surface area contributed by atoms with E-state index in [4.69, 9.17) is 14.2 Å². The maximum Gasteiger partial charge on any atom is 0.306 e. The number of carbonyl (C=O) groups is 3. The van der Waals surface area contributed by atoms with Crippen molar-refractivity contribution in [1.29, 1.82) is 0 Å². The Morgan fingerprint density at radius 2 is 0.651 bits per heavy atom. The number of unbranched alkanes of at least 4 members (excludes halogenated alkanes) is 18. The molecule has 0 heterocycles. The van der Waals surface area contributed by atoms with Crippen LogP contribution in [0, 0.1) is 0 Å². The van der Waals surface area contributed by atoms with Crippen LogP contribution in [0.25, 0.3) is 0 Å². The molecule has 0 rings (SSSR count). The highest BCUT2D eigenvalue weighted by Crippen LogP contribution is 2.13. The van der Waals surface area contributed by atoms with Crippen LogP contribution in [0.1, 0.15) is 226 Å². The second kappa shape index (κ2) is 51.0. The molecule has 0 radical (unpaired) electrons. The Labute approximate surface area is 387 Å². The quantitative estimate of drug-likeness (QED) is 0.0262. The van der Waals surface area contributed by atoms with Gasteiger partial charge in [-0.2, -0.15) is 0 Å². The summed E-state index contributed by atoms with van der Waals surface area (Å²) in [5.74, 6) is -0.986. The average Bonchev–Trinajstić information content (AvgIpc) is 3.28. The summed E-state index contributed by atoms with van der Waals surface area (Å²) in [4.78, 5) is 37.9. The zero-order chi connectivity index (χ0) is 45.8. The Bertz CT molecular complexity index is 1280. The van der Waals surface area contributed by atoms with Crippen molar-refractivity contribution in [2.75, 3.05) is 13.2 Å². The molecule has 0 saturated heterocycles. The van der Waals surface area contributed by atoms with Crippen LogP contribution in [0.15, 0.2) is 97.2 Å². The second-order valence-electron chi connectivity index (χ2n) is 16.7. The topological polar surface area (TPSA) is 78.9 Å². The van der Waals surface area contributed by atoms with Crippen molar-refractivity contribution in [3.8, 4) is 0 Å². The highest BCUT2D eigenvalue weighted by atomic mass is 16.6. The van der Waals surface area contributed by atoms with Crippen LogP contribution < -0.4 is 0 Å². The summed E-state index contributed by atoms with van der Waals surface area (Å²) >= 11 is 0. The summed E-state index contributed by atoms with van der Waals surface area (Å²) in [5.41, 5.74) is 0. The van der Waals surface area contributed by atoms with Crippen LogP contribution in [-0.2, 0) is 28.6 Å². The van der Waals surface area contributed by atoms with Gasteiger partial charge >= 0.3 is 17.9 Å². The van der Waals surface area contributed by atoms with E-state index in [-0.39, 0.29) is 37.5 Å². The average molecular weight is 875 g/mol. The maximum atomic E-state index is 12.8. The minimum absolute atomic E-state index is 0.104. The van der Waals surface area contributed by atoms with Gasteiger partial charge in [-0.15, -0.1) is 0 Å². The van der Waals surface area contributed by atoms with E-state index < -0.39 is 6.10 Å². The molecule has 1 unspecified atom stereocenters. The molecule has 0 aromatic rings. The van der Waals surface area contributed by atoms with E-state index in [2.05, 4.69) is 118 Å². The van der Waals surface area contributed by atoms with Gasteiger partial charge in [0.25, 0.3) is 0 Å². The Balaban J connectivity index is 4.49. The molecule has 0 spiro atoms. The first-order chi connectivity index (χ1) is 31.0. The lowest BCUT2D eigenvalue weighted by Gasteiger charge is -2.18. The molecule has 0 N–H and O–H groups in total. The number of ether oxygens (including phenoxy) is 3. The molecule has 0 aliphatic carbocycles. The molecule has 0 aliphatic rings. The van der Waals surface area contributed by atoms with Gasteiger partial charge in [-0.1, -0.05) is 195 Å². The van der Waals surface area contributed by atoms with Gasteiger partial charge in [0.1, 0.15) is 13.2 Å². The number of hydrogen-bond acceptors (Lipinski definition) is 6. The zero-order valence-electron chi connectivity index (χ0n) is 40.8. The van der Waals surface area contributed by atoms with E-state index in [0.29, 0.717) is 19.3 Å². The van der Waals surface area contributed by atoms with Gasteiger partial charge in [-0.05, 0) is 109 Å². The van der Waals surface area contributed by atoms with Crippen molar-refractivity contribution < 1.29 is 28.6 Å². The lowest BCUT2D eigenvalue weighted by atomic mass is 10.1.